The molecule has 2 aromatic rings. The maximum absolute atomic E-state index is 12.2. The van der Waals surface area contributed by atoms with Crippen molar-refractivity contribution in [1.82, 2.24) is 0 Å². The van der Waals surface area contributed by atoms with Gasteiger partial charge in [0, 0.05) is 25.4 Å². The van der Waals surface area contributed by atoms with Gasteiger partial charge < -0.3 is 4.74 Å². The number of hydrogen-bond acceptors (Lipinski definition) is 3. The van der Waals surface area contributed by atoms with Gasteiger partial charge in [-0.1, -0.05) is 60.7 Å². The highest BCUT2D eigenvalue weighted by Crippen LogP contribution is 2.36. The summed E-state index contributed by atoms with van der Waals surface area (Å²) < 4.78 is 5.84. The maximum Gasteiger partial charge on any atom is 0.234 e. The molecule has 1 heterocycles. The summed E-state index contributed by atoms with van der Waals surface area (Å²) in [5.74, 6) is -0.236. The summed E-state index contributed by atoms with van der Waals surface area (Å²) in [6.45, 7) is 7.25. The van der Waals surface area contributed by atoms with Crippen LogP contribution in [0.2, 0.25) is 0 Å². The standard InChI is InChI=1S/C23H25NO3/c1-17(2)19(14-15-27-16-18-8-4-3-5-9-18)20-10-6-7-11-21(20)24-22(25)12-13-23(24)26/h3-11,19H,1,12-16H2,2H3. The highest BCUT2D eigenvalue weighted by molar-refractivity contribution is 6.20. The molecule has 4 nitrogen and oxygen atoms in total. The molecule has 0 aromatic heterocycles. The van der Waals surface area contributed by atoms with Crippen molar-refractivity contribution in [3.05, 3.63) is 77.9 Å². The fourth-order valence-electron chi connectivity index (χ4n) is 3.46. The van der Waals surface area contributed by atoms with E-state index in [-0.39, 0.29) is 30.6 Å². The number of rotatable bonds is 8. The van der Waals surface area contributed by atoms with Crippen molar-refractivity contribution >= 4 is 17.5 Å². The van der Waals surface area contributed by atoms with E-state index in [1.54, 1.807) is 0 Å². The van der Waals surface area contributed by atoms with Crippen molar-refractivity contribution in [3.8, 4) is 0 Å². The summed E-state index contributed by atoms with van der Waals surface area (Å²) in [4.78, 5) is 25.7. The van der Waals surface area contributed by atoms with Crippen molar-refractivity contribution in [3.63, 3.8) is 0 Å². The van der Waals surface area contributed by atoms with Crippen LogP contribution in [0.4, 0.5) is 5.69 Å². The van der Waals surface area contributed by atoms with Gasteiger partial charge in [0.25, 0.3) is 0 Å². The smallest absolute Gasteiger partial charge is 0.234 e. The molecule has 1 unspecified atom stereocenters. The van der Waals surface area contributed by atoms with E-state index in [1.165, 1.54) is 4.90 Å². The van der Waals surface area contributed by atoms with Crippen molar-refractivity contribution in [2.24, 2.45) is 0 Å². The molecule has 3 rings (SSSR count). The quantitative estimate of drug-likeness (QED) is 0.391. The first-order chi connectivity index (χ1) is 13.1. The first-order valence-corrected chi connectivity index (χ1v) is 9.29. The van der Waals surface area contributed by atoms with Crippen molar-refractivity contribution in [2.75, 3.05) is 11.5 Å². The van der Waals surface area contributed by atoms with Gasteiger partial charge in [-0.2, -0.15) is 0 Å². The minimum absolute atomic E-state index is 0.0261. The molecule has 0 N–H and O–H groups in total. The predicted octanol–water partition coefficient (Wildman–Crippen LogP) is 4.61. The first kappa shape index (κ1) is 19.1. The molecule has 4 heteroatoms. The second kappa shape index (κ2) is 8.78. The lowest BCUT2D eigenvalue weighted by Crippen LogP contribution is -2.30. The topological polar surface area (TPSA) is 46.6 Å². The third kappa shape index (κ3) is 4.52. The zero-order chi connectivity index (χ0) is 19.2. The fraction of sp³-hybridized carbons (Fsp3) is 0.304. The van der Waals surface area contributed by atoms with Crippen LogP contribution in [-0.4, -0.2) is 18.4 Å². The number of benzene rings is 2. The van der Waals surface area contributed by atoms with Gasteiger partial charge in [0.1, 0.15) is 0 Å². The summed E-state index contributed by atoms with van der Waals surface area (Å²) in [6.07, 6.45) is 1.31. The number of amides is 2. The number of allylic oxidation sites excluding steroid dienone is 1. The molecule has 0 bridgehead atoms. The van der Waals surface area contributed by atoms with E-state index in [4.69, 9.17) is 4.74 Å². The Kier molecular flexibility index (Phi) is 6.20. The van der Waals surface area contributed by atoms with Crippen molar-refractivity contribution in [1.29, 1.82) is 0 Å². The third-order valence-corrected chi connectivity index (χ3v) is 4.86. The molecule has 1 atom stereocenters. The number of hydrogen-bond donors (Lipinski definition) is 0. The number of carbonyl (C=O) groups excluding carboxylic acids is 2. The Labute approximate surface area is 160 Å². The lowest BCUT2D eigenvalue weighted by molar-refractivity contribution is -0.121. The van der Waals surface area contributed by atoms with Crippen LogP contribution >= 0.6 is 0 Å². The zero-order valence-corrected chi connectivity index (χ0v) is 15.7. The van der Waals surface area contributed by atoms with Crippen LogP contribution < -0.4 is 4.90 Å². The molecule has 0 spiro atoms. The Balaban J connectivity index is 1.72. The molecule has 1 aliphatic heterocycles. The maximum atomic E-state index is 12.2. The number of para-hydroxylation sites is 1. The Morgan fingerprint density at radius 1 is 1.04 bits per heavy atom. The highest BCUT2D eigenvalue weighted by atomic mass is 16.5. The monoisotopic (exact) mass is 363 g/mol. The van der Waals surface area contributed by atoms with Gasteiger partial charge in [0.2, 0.25) is 11.8 Å². The second-order valence-corrected chi connectivity index (χ2v) is 6.91. The SMILES string of the molecule is C=C(C)C(CCOCc1ccccc1)c1ccccc1N1C(=O)CCC1=O. The normalized spacial score (nSPS) is 15.2. The van der Waals surface area contributed by atoms with Gasteiger partial charge in [-0.3, -0.25) is 14.5 Å². The minimum Gasteiger partial charge on any atom is -0.377 e. The van der Waals surface area contributed by atoms with Crippen LogP contribution in [0.1, 0.15) is 43.2 Å². The van der Waals surface area contributed by atoms with Crippen molar-refractivity contribution in [2.45, 2.75) is 38.7 Å². The van der Waals surface area contributed by atoms with Crippen LogP contribution in [0.15, 0.2) is 66.7 Å². The molecular weight excluding hydrogens is 338 g/mol. The largest absolute Gasteiger partial charge is 0.377 e. The molecule has 2 amide bonds. The second-order valence-electron chi connectivity index (χ2n) is 6.91. The van der Waals surface area contributed by atoms with Crippen LogP contribution in [0.5, 0.6) is 0 Å². The fourth-order valence-corrected chi connectivity index (χ4v) is 3.46. The van der Waals surface area contributed by atoms with E-state index in [9.17, 15) is 9.59 Å². The Bertz CT molecular complexity index is 813. The summed E-state index contributed by atoms with van der Waals surface area (Å²) in [6, 6.07) is 17.7. The summed E-state index contributed by atoms with van der Waals surface area (Å²) in [5.41, 5.74) is 3.76. The molecule has 2 aromatic carbocycles. The summed E-state index contributed by atoms with van der Waals surface area (Å²) >= 11 is 0. The number of imide groups is 1. The molecule has 1 saturated heterocycles. The van der Waals surface area contributed by atoms with Gasteiger partial charge >= 0.3 is 0 Å². The summed E-state index contributed by atoms with van der Waals surface area (Å²) in [7, 11) is 0. The lowest BCUT2D eigenvalue weighted by Gasteiger charge is -2.24. The number of ether oxygens (including phenoxy) is 1. The van der Waals surface area contributed by atoms with Crippen LogP contribution in [-0.2, 0) is 20.9 Å². The van der Waals surface area contributed by atoms with Crippen LogP contribution in [0.25, 0.3) is 0 Å². The number of anilines is 1. The molecular formula is C23H25NO3. The van der Waals surface area contributed by atoms with Gasteiger partial charge in [-0.05, 0) is 30.5 Å². The van der Waals surface area contributed by atoms with E-state index in [0.717, 1.165) is 23.1 Å². The molecule has 0 saturated carbocycles. The van der Waals surface area contributed by atoms with E-state index in [2.05, 4.69) is 6.58 Å². The van der Waals surface area contributed by atoms with Gasteiger partial charge in [0.15, 0.2) is 0 Å². The molecule has 1 fully saturated rings. The average Bonchev–Trinajstić information content (AvgIpc) is 3.01. The van der Waals surface area contributed by atoms with Crippen LogP contribution in [0.3, 0.4) is 0 Å². The van der Waals surface area contributed by atoms with E-state index >= 15 is 0 Å². The van der Waals surface area contributed by atoms with Gasteiger partial charge in [-0.25, -0.2) is 0 Å². The zero-order valence-electron chi connectivity index (χ0n) is 15.7. The lowest BCUT2D eigenvalue weighted by atomic mass is 9.88. The summed E-state index contributed by atoms with van der Waals surface area (Å²) in [5, 5.41) is 0. The van der Waals surface area contributed by atoms with E-state index in [0.29, 0.717) is 18.9 Å². The van der Waals surface area contributed by atoms with E-state index < -0.39 is 0 Å². The number of nitrogens with zero attached hydrogens (tertiary/aromatic N) is 1. The highest BCUT2D eigenvalue weighted by Gasteiger charge is 2.32. The van der Waals surface area contributed by atoms with Gasteiger partial charge in [-0.15, -0.1) is 0 Å². The van der Waals surface area contributed by atoms with E-state index in [1.807, 2.05) is 61.5 Å². The minimum atomic E-state index is -0.131. The molecule has 0 aliphatic carbocycles. The van der Waals surface area contributed by atoms with Crippen molar-refractivity contribution < 1.29 is 14.3 Å². The average molecular weight is 363 g/mol. The predicted molar refractivity (Wildman–Crippen MR) is 106 cm³/mol. The van der Waals surface area contributed by atoms with Gasteiger partial charge in [0.05, 0.1) is 12.3 Å². The first-order valence-electron chi connectivity index (χ1n) is 9.29. The van der Waals surface area contributed by atoms with Crippen LogP contribution in [0, 0.1) is 0 Å². The Hall–Kier alpha value is -2.72. The number of carbonyl (C=O) groups is 2. The molecule has 140 valence electrons. The third-order valence-electron chi connectivity index (χ3n) is 4.86. The molecule has 27 heavy (non-hydrogen) atoms. The Morgan fingerprint density at radius 2 is 1.67 bits per heavy atom. The molecule has 1 aliphatic rings. The molecule has 0 radical (unpaired) electrons. The Morgan fingerprint density at radius 3 is 2.33 bits per heavy atom.